The van der Waals surface area contributed by atoms with Crippen molar-refractivity contribution in [2.24, 2.45) is 0 Å². The minimum Gasteiger partial charge on any atom is -0.493 e. The number of rotatable bonds is 6. The van der Waals surface area contributed by atoms with Crippen LogP contribution in [-0.2, 0) is 0 Å². The molecule has 0 aliphatic carbocycles. The number of esters is 1. The van der Waals surface area contributed by atoms with Gasteiger partial charge in [0.1, 0.15) is 17.1 Å². The van der Waals surface area contributed by atoms with Crippen LogP contribution in [0.4, 0.5) is 0 Å². The second-order valence-corrected chi connectivity index (χ2v) is 7.25. The second-order valence-electron chi connectivity index (χ2n) is 7.25. The van der Waals surface area contributed by atoms with Gasteiger partial charge < -0.3 is 23.4 Å². The molecule has 0 aliphatic heterocycles. The Hall–Kier alpha value is -4.26. The molecule has 0 atom stereocenters. The first-order valence-corrected chi connectivity index (χ1v) is 10.1. The van der Waals surface area contributed by atoms with Crippen LogP contribution >= 0.6 is 0 Å². The summed E-state index contributed by atoms with van der Waals surface area (Å²) >= 11 is 0. The summed E-state index contributed by atoms with van der Waals surface area (Å²) in [5, 5.41) is 0.293. The summed E-state index contributed by atoms with van der Waals surface area (Å²) < 4.78 is 27.6. The minimum atomic E-state index is -0.495. The van der Waals surface area contributed by atoms with Gasteiger partial charge in [0.25, 0.3) is 0 Å². The van der Waals surface area contributed by atoms with Crippen molar-refractivity contribution in [3.8, 4) is 34.3 Å². The number of methoxy groups -OCH3 is 3. The maximum atomic E-state index is 12.9. The number of ether oxygens (including phenoxy) is 4. The highest BCUT2D eigenvalue weighted by Gasteiger charge is 2.17. The predicted octanol–water partition coefficient (Wildman–Crippen LogP) is 5.01. The van der Waals surface area contributed by atoms with Crippen LogP contribution in [0.25, 0.3) is 22.3 Å². The highest BCUT2D eigenvalue weighted by molar-refractivity contribution is 5.93. The molecule has 7 nitrogen and oxygen atoms in total. The fourth-order valence-electron chi connectivity index (χ4n) is 3.53. The average molecular weight is 446 g/mol. The number of aryl methyl sites for hydroxylation is 1. The molecular weight excluding hydrogens is 424 g/mol. The Labute approximate surface area is 190 Å². The summed E-state index contributed by atoms with van der Waals surface area (Å²) in [5.41, 5.74) is 1.91. The summed E-state index contributed by atoms with van der Waals surface area (Å²) in [5.74, 6) is 1.40. The molecule has 0 spiro atoms. The van der Waals surface area contributed by atoms with Gasteiger partial charge in [0.2, 0.25) is 5.75 Å². The number of carbonyl (C=O) groups excluding carboxylic acids is 1. The molecule has 1 heterocycles. The molecule has 1 aromatic heterocycles. The fraction of sp³-hybridized carbons (Fsp3) is 0.154. The van der Waals surface area contributed by atoms with Crippen molar-refractivity contribution in [2.45, 2.75) is 6.92 Å². The van der Waals surface area contributed by atoms with Crippen LogP contribution < -0.4 is 24.4 Å². The van der Waals surface area contributed by atoms with Crippen LogP contribution in [0.5, 0.6) is 23.0 Å². The molecule has 0 saturated heterocycles. The molecule has 0 unspecified atom stereocenters. The van der Waals surface area contributed by atoms with E-state index in [1.54, 1.807) is 36.4 Å². The van der Waals surface area contributed by atoms with Crippen LogP contribution in [0, 0.1) is 6.92 Å². The maximum absolute atomic E-state index is 12.9. The van der Waals surface area contributed by atoms with Crippen molar-refractivity contribution in [2.75, 3.05) is 21.3 Å². The molecule has 0 amide bonds. The first-order chi connectivity index (χ1) is 15.9. The van der Waals surface area contributed by atoms with Crippen LogP contribution in [-0.4, -0.2) is 27.3 Å². The third-order valence-electron chi connectivity index (χ3n) is 5.22. The third kappa shape index (κ3) is 4.25. The van der Waals surface area contributed by atoms with Crippen LogP contribution in [0.2, 0.25) is 0 Å². The smallest absolute Gasteiger partial charge is 0.343 e. The van der Waals surface area contributed by atoms with Crippen molar-refractivity contribution in [1.29, 1.82) is 0 Å². The Balaban J connectivity index is 1.72. The first-order valence-electron chi connectivity index (χ1n) is 10.1. The van der Waals surface area contributed by atoms with E-state index in [4.69, 9.17) is 23.4 Å². The number of hydrogen-bond acceptors (Lipinski definition) is 7. The normalized spacial score (nSPS) is 10.7. The van der Waals surface area contributed by atoms with E-state index >= 15 is 0 Å². The van der Waals surface area contributed by atoms with Crippen LogP contribution in [0.3, 0.4) is 0 Å². The van der Waals surface area contributed by atoms with Gasteiger partial charge in [-0.1, -0.05) is 18.2 Å². The van der Waals surface area contributed by atoms with E-state index in [0.717, 1.165) is 5.56 Å². The van der Waals surface area contributed by atoms with Crippen molar-refractivity contribution in [3.63, 3.8) is 0 Å². The van der Waals surface area contributed by atoms with E-state index in [-0.39, 0.29) is 11.2 Å². The molecule has 0 saturated carbocycles. The average Bonchev–Trinajstić information content (AvgIpc) is 2.83. The van der Waals surface area contributed by atoms with Gasteiger partial charge in [-0.15, -0.1) is 0 Å². The summed E-state index contributed by atoms with van der Waals surface area (Å²) in [6.45, 7) is 1.83. The molecule has 3 aromatic carbocycles. The van der Waals surface area contributed by atoms with E-state index in [2.05, 4.69) is 0 Å². The molecule has 7 heteroatoms. The van der Waals surface area contributed by atoms with E-state index in [9.17, 15) is 9.59 Å². The number of carbonyl (C=O) groups is 1. The minimum absolute atomic E-state index is 0.253. The largest absolute Gasteiger partial charge is 0.493 e. The van der Waals surface area contributed by atoms with Gasteiger partial charge in [0, 0.05) is 11.6 Å². The quantitative estimate of drug-likeness (QED) is 0.304. The lowest BCUT2D eigenvalue weighted by Crippen LogP contribution is -2.10. The molecule has 33 heavy (non-hydrogen) atoms. The molecule has 0 aliphatic rings. The van der Waals surface area contributed by atoms with Crippen molar-refractivity contribution < 1.29 is 28.2 Å². The van der Waals surface area contributed by atoms with Crippen molar-refractivity contribution in [3.05, 3.63) is 82.0 Å². The van der Waals surface area contributed by atoms with Crippen molar-refractivity contribution >= 4 is 16.9 Å². The standard InChI is InChI=1S/C26H22O7/c1-15-7-5-6-8-18(15)26(28)32-17-9-10-21-19(13-17)20(27)14-22(33-21)16-11-23(29-2)25(31-4)24(12-16)30-3/h5-14H,1-4H3. The number of hydrogen-bond donors (Lipinski definition) is 0. The highest BCUT2D eigenvalue weighted by Crippen LogP contribution is 2.41. The summed E-state index contributed by atoms with van der Waals surface area (Å²) in [6, 6.07) is 16.6. The first kappa shape index (κ1) is 22.0. The molecule has 4 aromatic rings. The second kappa shape index (κ2) is 9.08. The molecule has 4 rings (SSSR count). The Morgan fingerprint density at radius 2 is 1.55 bits per heavy atom. The van der Waals surface area contributed by atoms with E-state index in [1.165, 1.54) is 33.5 Å². The van der Waals surface area contributed by atoms with Gasteiger partial charge >= 0.3 is 5.97 Å². The molecule has 0 radical (unpaired) electrons. The van der Waals surface area contributed by atoms with Crippen LogP contribution in [0.15, 0.2) is 69.9 Å². The van der Waals surface area contributed by atoms with Crippen LogP contribution in [0.1, 0.15) is 15.9 Å². The SMILES string of the molecule is COc1cc(-c2cc(=O)c3cc(OC(=O)c4ccccc4C)ccc3o2)cc(OC)c1OC. The fourth-order valence-corrected chi connectivity index (χ4v) is 3.53. The van der Waals surface area contributed by atoms with E-state index < -0.39 is 5.97 Å². The Morgan fingerprint density at radius 1 is 0.848 bits per heavy atom. The predicted molar refractivity (Wildman–Crippen MR) is 124 cm³/mol. The Kier molecular flexibility index (Phi) is 6.04. The lowest BCUT2D eigenvalue weighted by atomic mass is 10.1. The summed E-state index contributed by atoms with van der Waals surface area (Å²) in [4.78, 5) is 25.4. The summed E-state index contributed by atoms with van der Waals surface area (Å²) in [6.07, 6.45) is 0. The molecule has 0 fully saturated rings. The van der Waals surface area contributed by atoms with Gasteiger partial charge in [-0.25, -0.2) is 4.79 Å². The number of fused-ring (bicyclic) bond motifs is 1. The zero-order valence-electron chi connectivity index (χ0n) is 18.6. The lowest BCUT2D eigenvalue weighted by molar-refractivity contribution is 0.0734. The zero-order chi connectivity index (χ0) is 23.5. The van der Waals surface area contributed by atoms with E-state index in [1.807, 2.05) is 19.1 Å². The third-order valence-corrected chi connectivity index (χ3v) is 5.22. The van der Waals surface area contributed by atoms with Gasteiger partial charge in [-0.3, -0.25) is 4.79 Å². The highest BCUT2D eigenvalue weighted by atomic mass is 16.5. The monoisotopic (exact) mass is 446 g/mol. The van der Waals surface area contributed by atoms with Gasteiger partial charge in [0.05, 0.1) is 32.3 Å². The topological polar surface area (TPSA) is 84.2 Å². The van der Waals surface area contributed by atoms with Gasteiger partial charge in [-0.2, -0.15) is 0 Å². The molecular formula is C26H22O7. The van der Waals surface area contributed by atoms with Gasteiger partial charge in [0.15, 0.2) is 16.9 Å². The zero-order valence-corrected chi connectivity index (χ0v) is 18.6. The Morgan fingerprint density at radius 3 is 2.18 bits per heavy atom. The molecule has 0 bridgehead atoms. The van der Waals surface area contributed by atoms with Gasteiger partial charge in [-0.05, 0) is 48.9 Å². The van der Waals surface area contributed by atoms with Crippen molar-refractivity contribution in [1.82, 2.24) is 0 Å². The lowest BCUT2D eigenvalue weighted by Gasteiger charge is -2.14. The maximum Gasteiger partial charge on any atom is 0.343 e. The summed E-state index contributed by atoms with van der Waals surface area (Å²) in [7, 11) is 4.54. The van der Waals surface area contributed by atoms with E-state index in [0.29, 0.717) is 45.1 Å². The molecule has 168 valence electrons. The molecule has 0 N–H and O–H groups in total. The number of benzene rings is 3. The Bertz CT molecular complexity index is 1380.